The SMILES string of the molecule is NC(=O)Cn1ccnc1[C@@H]1CCCN(C(=O)Cc2cccc(Cl)c2)C1. The summed E-state index contributed by atoms with van der Waals surface area (Å²) in [6.07, 6.45) is 5.62. The van der Waals surface area contributed by atoms with Gasteiger partial charge in [-0.05, 0) is 30.5 Å². The van der Waals surface area contributed by atoms with E-state index in [2.05, 4.69) is 4.98 Å². The lowest BCUT2D eigenvalue weighted by Crippen LogP contribution is -2.40. The summed E-state index contributed by atoms with van der Waals surface area (Å²) >= 11 is 5.99. The fourth-order valence-corrected chi connectivity index (χ4v) is 3.54. The highest BCUT2D eigenvalue weighted by molar-refractivity contribution is 6.30. The normalized spacial score (nSPS) is 17.5. The average molecular weight is 361 g/mol. The second-order valence-electron chi connectivity index (χ2n) is 6.37. The van der Waals surface area contributed by atoms with Crippen LogP contribution in [0.1, 0.15) is 30.1 Å². The molecule has 1 saturated heterocycles. The van der Waals surface area contributed by atoms with Crippen LogP contribution in [0, 0.1) is 0 Å². The predicted octanol–water partition coefficient (Wildman–Crippen LogP) is 1.97. The van der Waals surface area contributed by atoms with E-state index in [0.29, 0.717) is 18.0 Å². The van der Waals surface area contributed by atoms with E-state index in [1.54, 1.807) is 23.0 Å². The largest absolute Gasteiger partial charge is 0.368 e. The van der Waals surface area contributed by atoms with Crippen LogP contribution in [0.25, 0.3) is 0 Å². The van der Waals surface area contributed by atoms with Crippen molar-refractivity contribution >= 4 is 23.4 Å². The van der Waals surface area contributed by atoms with Gasteiger partial charge < -0.3 is 15.2 Å². The minimum atomic E-state index is -0.399. The molecule has 1 aromatic heterocycles. The molecule has 132 valence electrons. The van der Waals surface area contributed by atoms with Crippen LogP contribution in [-0.2, 0) is 22.6 Å². The summed E-state index contributed by atoms with van der Waals surface area (Å²) in [6, 6.07) is 7.38. The number of aromatic nitrogens is 2. The number of hydrogen-bond donors (Lipinski definition) is 1. The fourth-order valence-electron chi connectivity index (χ4n) is 3.33. The van der Waals surface area contributed by atoms with Gasteiger partial charge in [-0.1, -0.05) is 23.7 Å². The molecule has 1 aromatic carbocycles. The number of rotatable bonds is 5. The van der Waals surface area contributed by atoms with Crippen molar-refractivity contribution in [2.45, 2.75) is 31.7 Å². The van der Waals surface area contributed by atoms with Gasteiger partial charge in [-0.2, -0.15) is 0 Å². The van der Waals surface area contributed by atoms with Gasteiger partial charge in [0, 0.05) is 36.4 Å². The summed E-state index contributed by atoms with van der Waals surface area (Å²) in [4.78, 5) is 30.1. The number of hydrogen-bond acceptors (Lipinski definition) is 3. The van der Waals surface area contributed by atoms with Gasteiger partial charge in [0.05, 0.1) is 6.42 Å². The molecule has 6 nitrogen and oxygen atoms in total. The first-order valence-corrected chi connectivity index (χ1v) is 8.72. The zero-order valence-corrected chi connectivity index (χ0v) is 14.7. The first-order chi connectivity index (χ1) is 12.0. The predicted molar refractivity (Wildman–Crippen MR) is 95.1 cm³/mol. The van der Waals surface area contributed by atoms with Crippen LogP contribution in [0.2, 0.25) is 5.02 Å². The third kappa shape index (κ3) is 4.39. The number of primary amides is 1. The van der Waals surface area contributed by atoms with E-state index in [-0.39, 0.29) is 18.4 Å². The molecule has 0 spiro atoms. The highest BCUT2D eigenvalue weighted by atomic mass is 35.5. The van der Waals surface area contributed by atoms with Crippen LogP contribution in [-0.4, -0.2) is 39.4 Å². The number of likely N-dealkylation sites (tertiary alicyclic amines) is 1. The molecule has 3 rings (SSSR count). The molecule has 0 unspecified atom stereocenters. The monoisotopic (exact) mass is 360 g/mol. The molecule has 2 N–H and O–H groups in total. The zero-order chi connectivity index (χ0) is 17.8. The Morgan fingerprint density at radius 1 is 1.36 bits per heavy atom. The van der Waals surface area contributed by atoms with E-state index in [1.165, 1.54) is 0 Å². The molecular weight excluding hydrogens is 340 g/mol. The quantitative estimate of drug-likeness (QED) is 0.885. The number of benzene rings is 1. The van der Waals surface area contributed by atoms with Crippen LogP contribution in [0.3, 0.4) is 0 Å². The van der Waals surface area contributed by atoms with Crippen LogP contribution >= 0.6 is 11.6 Å². The van der Waals surface area contributed by atoms with E-state index in [9.17, 15) is 9.59 Å². The third-order valence-electron chi connectivity index (χ3n) is 4.46. The van der Waals surface area contributed by atoms with Gasteiger partial charge in [-0.3, -0.25) is 9.59 Å². The Morgan fingerprint density at radius 2 is 2.20 bits per heavy atom. The second-order valence-corrected chi connectivity index (χ2v) is 6.80. The van der Waals surface area contributed by atoms with Crippen LogP contribution in [0.15, 0.2) is 36.7 Å². The lowest BCUT2D eigenvalue weighted by molar-refractivity contribution is -0.131. The summed E-state index contributed by atoms with van der Waals surface area (Å²) in [5.41, 5.74) is 6.20. The van der Waals surface area contributed by atoms with Crippen molar-refractivity contribution in [1.29, 1.82) is 0 Å². The number of nitrogens with zero attached hydrogens (tertiary/aromatic N) is 3. The molecular formula is C18H21ClN4O2. The maximum Gasteiger partial charge on any atom is 0.237 e. The highest BCUT2D eigenvalue weighted by Gasteiger charge is 2.27. The molecule has 25 heavy (non-hydrogen) atoms. The number of nitrogens with two attached hydrogens (primary N) is 1. The van der Waals surface area contributed by atoms with Crippen molar-refractivity contribution in [3.63, 3.8) is 0 Å². The summed E-state index contributed by atoms with van der Waals surface area (Å²) in [5.74, 6) is 0.620. The Bertz CT molecular complexity index is 774. The van der Waals surface area contributed by atoms with Crippen molar-refractivity contribution in [3.05, 3.63) is 53.1 Å². The molecule has 1 atom stereocenters. The highest BCUT2D eigenvalue weighted by Crippen LogP contribution is 2.26. The number of halogens is 1. The molecule has 2 amide bonds. The molecule has 2 heterocycles. The minimum Gasteiger partial charge on any atom is -0.368 e. The van der Waals surface area contributed by atoms with Gasteiger partial charge in [-0.15, -0.1) is 0 Å². The van der Waals surface area contributed by atoms with Gasteiger partial charge in [0.2, 0.25) is 11.8 Å². The molecule has 0 radical (unpaired) electrons. The molecule has 0 aliphatic carbocycles. The third-order valence-corrected chi connectivity index (χ3v) is 4.69. The number of carbonyl (C=O) groups is 2. The molecule has 0 saturated carbocycles. The summed E-state index contributed by atoms with van der Waals surface area (Å²) < 4.78 is 1.78. The Morgan fingerprint density at radius 3 is 2.96 bits per heavy atom. The minimum absolute atomic E-state index is 0.0833. The van der Waals surface area contributed by atoms with E-state index in [4.69, 9.17) is 17.3 Å². The van der Waals surface area contributed by atoms with Crippen LogP contribution in [0.5, 0.6) is 0 Å². The molecule has 1 aliphatic heterocycles. The van der Waals surface area contributed by atoms with Crippen molar-refractivity contribution in [2.75, 3.05) is 13.1 Å². The summed E-state index contributed by atoms with van der Waals surface area (Å²) in [6.45, 7) is 1.46. The maximum absolute atomic E-state index is 12.6. The molecule has 1 aliphatic rings. The first kappa shape index (κ1) is 17.5. The van der Waals surface area contributed by atoms with Crippen molar-refractivity contribution in [1.82, 2.24) is 14.5 Å². The lowest BCUT2D eigenvalue weighted by atomic mass is 9.96. The lowest BCUT2D eigenvalue weighted by Gasteiger charge is -2.32. The second kappa shape index (κ2) is 7.70. The van der Waals surface area contributed by atoms with Gasteiger partial charge >= 0.3 is 0 Å². The summed E-state index contributed by atoms with van der Waals surface area (Å²) in [7, 11) is 0. The number of carbonyl (C=O) groups excluding carboxylic acids is 2. The smallest absolute Gasteiger partial charge is 0.237 e. The number of piperidine rings is 1. The molecule has 0 bridgehead atoms. The Balaban J connectivity index is 1.68. The van der Waals surface area contributed by atoms with Gasteiger partial charge in [-0.25, -0.2) is 4.98 Å². The maximum atomic E-state index is 12.6. The topological polar surface area (TPSA) is 81.2 Å². The Labute approximate surface area is 151 Å². The van der Waals surface area contributed by atoms with Crippen molar-refractivity contribution in [2.24, 2.45) is 5.73 Å². The van der Waals surface area contributed by atoms with Crippen molar-refractivity contribution in [3.8, 4) is 0 Å². The van der Waals surface area contributed by atoms with E-state index in [0.717, 1.165) is 30.8 Å². The first-order valence-electron chi connectivity index (χ1n) is 8.34. The van der Waals surface area contributed by atoms with Gasteiger partial charge in [0.1, 0.15) is 12.4 Å². The van der Waals surface area contributed by atoms with E-state index < -0.39 is 5.91 Å². The number of imidazole rings is 1. The van der Waals surface area contributed by atoms with Gasteiger partial charge in [0.25, 0.3) is 0 Å². The van der Waals surface area contributed by atoms with E-state index >= 15 is 0 Å². The van der Waals surface area contributed by atoms with E-state index in [1.807, 2.05) is 23.1 Å². The molecule has 1 fully saturated rings. The molecule has 2 aromatic rings. The number of amides is 2. The Hall–Kier alpha value is -2.34. The molecule has 7 heteroatoms. The zero-order valence-electron chi connectivity index (χ0n) is 13.9. The van der Waals surface area contributed by atoms with Crippen LogP contribution < -0.4 is 5.73 Å². The van der Waals surface area contributed by atoms with Gasteiger partial charge in [0.15, 0.2) is 0 Å². The Kier molecular flexibility index (Phi) is 5.38. The van der Waals surface area contributed by atoms with Crippen molar-refractivity contribution < 1.29 is 9.59 Å². The average Bonchev–Trinajstić information content (AvgIpc) is 3.02. The fraction of sp³-hybridized carbons (Fsp3) is 0.389. The standard InChI is InChI=1S/C18H21ClN4O2/c19-15-5-1-3-13(9-15)10-17(25)22-7-2-4-14(11-22)18-21-6-8-23(18)12-16(20)24/h1,3,5-6,8-9,14H,2,4,7,10-12H2,(H2,20,24)/t14-/m1/s1. The van der Waals surface area contributed by atoms with Crippen LogP contribution in [0.4, 0.5) is 0 Å². The summed E-state index contributed by atoms with van der Waals surface area (Å²) in [5, 5.41) is 0.635.